The molecule has 86 valence electrons. The topological polar surface area (TPSA) is 38.7 Å². The Morgan fingerprint density at radius 1 is 1.06 bits per heavy atom. The van der Waals surface area contributed by atoms with Gasteiger partial charge in [-0.25, -0.2) is 0 Å². The zero-order chi connectivity index (χ0) is 15.5. The van der Waals surface area contributed by atoms with Crippen LogP contribution in [0.1, 0.15) is 33.2 Å². The van der Waals surface area contributed by atoms with E-state index in [2.05, 4.69) is 0 Å². The van der Waals surface area contributed by atoms with Gasteiger partial charge in [0, 0.05) is 0 Å². The number of phenols is 1. The van der Waals surface area contributed by atoms with E-state index in [1.807, 2.05) is 27.7 Å². The monoisotopic (exact) mass is 224 g/mol. The average molecular weight is 224 g/mol. The first kappa shape index (κ1) is 7.35. The van der Waals surface area contributed by atoms with Gasteiger partial charge in [-0.3, -0.25) is 0 Å². The third kappa shape index (κ3) is 1.83. The molecule has 1 aliphatic rings. The molecule has 0 unspecified atom stereocenters. The Labute approximate surface area is 102 Å². The molecule has 0 bridgehead atoms. The highest BCUT2D eigenvalue weighted by atomic mass is 16.7. The van der Waals surface area contributed by atoms with Crippen LogP contribution in [0.4, 0.5) is 0 Å². The number of benzene rings is 1. The third-order valence-electron chi connectivity index (χ3n) is 3.12. The molecule has 2 rings (SSSR count). The first-order valence-electron chi connectivity index (χ1n) is 7.14. The van der Waals surface area contributed by atoms with E-state index in [1.165, 1.54) is 0 Å². The van der Waals surface area contributed by atoms with E-state index in [-0.39, 0.29) is 17.5 Å². The summed E-state index contributed by atoms with van der Waals surface area (Å²) in [7, 11) is -0.992. The second kappa shape index (κ2) is 3.50. The van der Waals surface area contributed by atoms with Gasteiger partial charge >= 0.3 is 7.12 Å². The Morgan fingerprint density at radius 2 is 1.50 bits per heavy atom. The molecule has 1 aromatic rings. The van der Waals surface area contributed by atoms with Crippen molar-refractivity contribution in [3.05, 3.63) is 24.2 Å². The van der Waals surface area contributed by atoms with Crippen LogP contribution in [0.3, 0.4) is 0 Å². The number of aromatic hydroxyl groups is 1. The molecule has 0 aromatic heterocycles. The van der Waals surface area contributed by atoms with Crippen molar-refractivity contribution < 1.29 is 19.9 Å². The van der Waals surface area contributed by atoms with E-state index in [0.717, 1.165) is 0 Å². The fourth-order valence-corrected chi connectivity index (χ4v) is 1.39. The van der Waals surface area contributed by atoms with Crippen molar-refractivity contribution >= 4 is 12.6 Å². The van der Waals surface area contributed by atoms with Crippen LogP contribution < -0.4 is 5.46 Å². The summed E-state index contributed by atoms with van der Waals surface area (Å²) < 4.78 is 42.5. The molecule has 0 atom stereocenters. The maximum absolute atomic E-state index is 9.54. The van der Waals surface area contributed by atoms with E-state index >= 15 is 0 Å². The molecule has 0 saturated carbocycles. The SMILES string of the molecule is [2H]c1c([2H])c(B2OC(C)(C)C(C)(C)O2)c([2H])c([2H])c1O. The van der Waals surface area contributed by atoms with Crippen molar-refractivity contribution in [2.75, 3.05) is 0 Å². The summed E-state index contributed by atoms with van der Waals surface area (Å²) in [5, 5.41) is 9.54. The van der Waals surface area contributed by atoms with Gasteiger partial charge in [0.2, 0.25) is 0 Å². The number of hydrogen-bond acceptors (Lipinski definition) is 3. The van der Waals surface area contributed by atoms with Gasteiger partial charge in [-0.1, -0.05) is 12.1 Å². The molecule has 0 radical (unpaired) electrons. The lowest BCUT2D eigenvalue weighted by molar-refractivity contribution is 0.00578. The van der Waals surface area contributed by atoms with Gasteiger partial charge in [-0.15, -0.1) is 0 Å². The van der Waals surface area contributed by atoms with Gasteiger partial charge in [0.15, 0.2) is 0 Å². The molecule has 1 N–H and O–H groups in total. The lowest BCUT2D eigenvalue weighted by atomic mass is 9.79. The fraction of sp³-hybridized carbons (Fsp3) is 0.500. The molecule has 16 heavy (non-hydrogen) atoms. The van der Waals surface area contributed by atoms with Crippen LogP contribution in [-0.4, -0.2) is 23.4 Å². The smallest absolute Gasteiger partial charge is 0.494 e. The molecule has 0 spiro atoms. The Bertz CT molecular complexity index is 529. The van der Waals surface area contributed by atoms with Crippen LogP contribution in [-0.2, 0) is 9.31 Å². The molecule has 1 fully saturated rings. The van der Waals surface area contributed by atoms with Crippen molar-refractivity contribution in [2.24, 2.45) is 0 Å². The average Bonchev–Trinajstić information content (AvgIpc) is 2.53. The van der Waals surface area contributed by atoms with Crippen LogP contribution in [0.5, 0.6) is 5.75 Å². The minimum absolute atomic E-state index is 0.0106. The Morgan fingerprint density at radius 3 is 1.94 bits per heavy atom. The minimum Gasteiger partial charge on any atom is -0.508 e. The van der Waals surface area contributed by atoms with E-state index in [4.69, 9.17) is 14.8 Å². The summed E-state index contributed by atoms with van der Waals surface area (Å²) in [6, 6.07) is -1.67. The van der Waals surface area contributed by atoms with Gasteiger partial charge in [0.25, 0.3) is 0 Å². The summed E-state index contributed by atoms with van der Waals surface area (Å²) >= 11 is 0. The van der Waals surface area contributed by atoms with Crippen molar-refractivity contribution in [2.45, 2.75) is 38.9 Å². The van der Waals surface area contributed by atoms with E-state index in [1.54, 1.807) is 0 Å². The highest BCUT2D eigenvalue weighted by Gasteiger charge is 2.51. The zero-order valence-electron chi connectivity index (χ0n) is 13.8. The van der Waals surface area contributed by atoms with Gasteiger partial charge in [-0.05, 0) is 45.2 Å². The predicted octanol–water partition coefficient (Wildman–Crippen LogP) is 1.69. The summed E-state index contributed by atoms with van der Waals surface area (Å²) in [6.45, 7) is 7.35. The van der Waals surface area contributed by atoms with Gasteiger partial charge in [-0.2, -0.15) is 0 Å². The highest BCUT2D eigenvalue weighted by molar-refractivity contribution is 6.62. The van der Waals surface area contributed by atoms with E-state index < -0.39 is 36.2 Å². The van der Waals surface area contributed by atoms with Crippen molar-refractivity contribution in [3.63, 3.8) is 0 Å². The van der Waals surface area contributed by atoms with Crippen LogP contribution in [0.15, 0.2) is 24.2 Å². The number of phenolic OH excluding ortho intramolecular Hbond substituents is 1. The Balaban J connectivity index is 2.57. The van der Waals surface area contributed by atoms with Crippen molar-refractivity contribution in [3.8, 4) is 5.75 Å². The molecule has 0 aliphatic carbocycles. The fourth-order valence-electron chi connectivity index (χ4n) is 1.39. The maximum Gasteiger partial charge on any atom is 0.494 e. The molecule has 1 aromatic carbocycles. The van der Waals surface area contributed by atoms with Gasteiger partial charge < -0.3 is 14.4 Å². The predicted molar refractivity (Wildman–Crippen MR) is 63.8 cm³/mol. The largest absolute Gasteiger partial charge is 0.508 e. The maximum atomic E-state index is 9.54. The Kier molecular flexibility index (Phi) is 1.61. The first-order valence-corrected chi connectivity index (χ1v) is 5.14. The Hall–Kier alpha value is -0.995. The summed E-state index contributed by atoms with van der Waals surface area (Å²) in [4.78, 5) is 0. The lowest BCUT2D eigenvalue weighted by Gasteiger charge is -2.32. The third-order valence-corrected chi connectivity index (χ3v) is 3.12. The zero-order valence-corrected chi connectivity index (χ0v) is 9.84. The van der Waals surface area contributed by atoms with Crippen LogP contribution in [0.25, 0.3) is 0 Å². The normalized spacial score (nSPS) is 25.9. The lowest BCUT2D eigenvalue weighted by Crippen LogP contribution is -2.41. The quantitative estimate of drug-likeness (QED) is 0.737. The van der Waals surface area contributed by atoms with Gasteiger partial charge in [0.05, 0.1) is 16.7 Å². The second-order valence-electron chi connectivity index (χ2n) is 4.85. The molecule has 1 saturated heterocycles. The van der Waals surface area contributed by atoms with E-state index in [0.29, 0.717) is 0 Å². The summed E-state index contributed by atoms with van der Waals surface area (Å²) in [6.07, 6.45) is 0. The molecular weight excluding hydrogens is 203 g/mol. The van der Waals surface area contributed by atoms with E-state index in [9.17, 15) is 5.11 Å². The summed E-state index contributed by atoms with van der Waals surface area (Å²) in [5.41, 5.74) is -1.27. The first-order chi connectivity index (χ1) is 8.99. The standard InChI is InChI=1S/C12H17BO3/c1-11(2)12(3,4)16-13(15-11)9-5-7-10(14)8-6-9/h5-8,14H,1-4H3/i5D,6D,7D,8D. The molecule has 1 heterocycles. The molecule has 4 heteroatoms. The number of rotatable bonds is 1. The molecule has 1 aliphatic heterocycles. The van der Waals surface area contributed by atoms with Crippen molar-refractivity contribution in [1.82, 2.24) is 0 Å². The minimum atomic E-state index is -0.992. The van der Waals surface area contributed by atoms with Crippen LogP contribution in [0.2, 0.25) is 0 Å². The highest BCUT2D eigenvalue weighted by Crippen LogP contribution is 2.36. The summed E-state index contributed by atoms with van der Waals surface area (Å²) in [5.74, 6) is -0.666. The number of hydrogen-bond donors (Lipinski definition) is 1. The van der Waals surface area contributed by atoms with Crippen LogP contribution in [0, 0.1) is 0 Å². The van der Waals surface area contributed by atoms with Gasteiger partial charge in [0.1, 0.15) is 5.75 Å². The molecule has 0 amide bonds. The van der Waals surface area contributed by atoms with Crippen LogP contribution >= 0.6 is 0 Å². The second-order valence-corrected chi connectivity index (χ2v) is 4.85. The molecule has 3 nitrogen and oxygen atoms in total. The van der Waals surface area contributed by atoms with Crippen molar-refractivity contribution in [1.29, 1.82) is 0 Å². The molecular formula is C12H17BO3.